The normalized spacial score (nSPS) is 19.3. The van der Waals surface area contributed by atoms with E-state index in [-0.39, 0.29) is 17.8 Å². The third kappa shape index (κ3) is 2.77. The summed E-state index contributed by atoms with van der Waals surface area (Å²) in [7, 11) is 1.37. The van der Waals surface area contributed by atoms with Crippen LogP contribution in [-0.4, -0.2) is 34.2 Å². The van der Waals surface area contributed by atoms with Gasteiger partial charge in [0.05, 0.1) is 19.3 Å². The van der Waals surface area contributed by atoms with Crippen LogP contribution in [0.25, 0.3) is 0 Å². The topological polar surface area (TPSA) is 47.4 Å². The van der Waals surface area contributed by atoms with Gasteiger partial charge in [-0.15, -0.1) is 0 Å². The number of aromatic nitrogens is 2. The zero-order valence-electron chi connectivity index (χ0n) is 14.0. The van der Waals surface area contributed by atoms with Crippen LogP contribution < -0.4 is 0 Å². The number of amides is 1. The number of hydrogen-bond donors (Lipinski definition) is 0. The van der Waals surface area contributed by atoms with Crippen LogP contribution in [0.5, 0.6) is 0 Å². The number of carbonyl (C=O) groups is 1. The van der Waals surface area contributed by atoms with Gasteiger partial charge in [0.25, 0.3) is 0 Å². The Balaban J connectivity index is 1.60. The molecule has 0 fully saturated rings. The summed E-state index contributed by atoms with van der Waals surface area (Å²) in [6.45, 7) is 1.69. The van der Waals surface area contributed by atoms with E-state index in [0.29, 0.717) is 31.6 Å². The zero-order valence-corrected chi connectivity index (χ0v) is 14.0. The zero-order chi connectivity index (χ0) is 17.6. The van der Waals surface area contributed by atoms with Gasteiger partial charge >= 0.3 is 6.09 Å². The molecule has 1 aromatic heterocycles. The lowest BCUT2D eigenvalue weighted by Crippen LogP contribution is -2.38. The molecule has 2 aliphatic rings. The summed E-state index contributed by atoms with van der Waals surface area (Å²) < 4.78 is 34.5. The number of nitrogens with zero attached hydrogens (tertiary/aromatic N) is 3. The van der Waals surface area contributed by atoms with Crippen molar-refractivity contribution < 1.29 is 18.3 Å². The van der Waals surface area contributed by atoms with E-state index in [2.05, 4.69) is 9.55 Å². The lowest BCUT2D eigenvalue weighted by molar-refractivity contribution is 0.111. The first kappa shape index (κ1) is 16.1. The molecule has 1 atom stereocenters. The first-order valence-corrected chi connectivity index (χ1v) is 8.42. The number of fused-ring (bicyclic) bond motifs is 3. The largest absolute Gasteiger partial charge is 0.453 e. The molecule has 1 aliphatic carbocycles. The second-order valence-corrected chi connectivity index (χ2v) is 6.57. The number of rotatable bonds is 1. The quantitative estimate of drug-likeness (QED) is 0.797. The molecule has 0 saturated heterocycles. The van der Waals surface area contributed by atoms with Crippen molar-refractivity contribution >= 4 is 6.09 Å². The van der Waals surface area contributed by atoms with Gasteiger partial charge in [-0.05, 0) is 48.9 Å². The van der Waals surface area contributed by atoms with E-state index in [1.807, 2.05) is 0 Å². The molecular formula is C18H19F2N3O2. The van der Waals surface area contributed by atoms with E-state index in [0.717, 1.165) is 36.1 Å². The first-order valence-electron chi connectivity index (χ1n) is 8.42. The SMILES string of the molecule is COC(=O)N1CCn2c(nc3c2CCC(c2cc(F)ccc2F)C3)C1. The van der Waals surface area contributed by atoms with Crippen molar-refractivity contribution in [2.45, 2.75) is 38.3 Å². The Labute approximate surface area is 144 Å². The Morgan fingerprint density at radius 2 is 2.16 bits per heavy atom. The number of hydrogen-bond acceptors (Lipinski definition) is 3. The van der Waals surface area contributed by atoms with Crippen LogP contribution >= 0.6 is 0 Å². The molecule has 0 saturated carbocycles. The first-order chi connectivity index (χ1) is 12.1. The van der Waals surface area contributed by atoms with Crippen molar-refractivity contribution in [2.75, 3.05) is 13.7 Å². The maximum Gasteiger partial charge on any atom is 0.409 e. The fraction of sp³-hybridized carbons (Fsp3) is 0.444. The number of benzene rings is 1. The number of halogens is 2. The van der Waals surface area contributed by atoms with Crippen LogP contribution in [-0.2, 0) is 30.7 Å². The molecule has 1 unspecified atom stereocenters. The van der Waals surface area contributed by atoms with E-state index < -0.39 is 5.82 Å². The summed E-state index contributed by atoms with van der Waals surface area (Å²) in [5.74, 6) is -0.0189. The predicted molar refractivity (Wildman–Crippen MR) is 86.2 cm³/mol. The highest BCUT2D eigenvalue weighted by molar-refractivity contribution is 5.67. The van der Waals surface area contributed by atoms with Gasteiger partial charge in [-0.2, -0.15) is 0 Å². The Kier molecular flexibility index (Phi) is 3.94. The smallest absolute Gasteiger partial charge is 0.409 e. The molecule has 2 aromatic rings. The van der Waals surface area contributed by atoms with Gasteiger partial charge in [0.15, 0.2) is 0 Å². The van der Waals surface area contributed by atoms with E-state index in [4.69, 9.17) is 4.74 Å². The van der Waals surface area contributed by atoms with E-state index in [1.54, 1.807) is 4.90 Å². The third-order valence-electron chi connectivity index (χ3n) is 5.16. The Morgan fingerprint density at radius 3 is 2.96 bits per heavy atom. The number of ether oxygens (including phenoxy) is 1. The molecule has 1 aromatic carbocycles. The molecule has 0 N–H and O–H groups in total. The summed E-state index contributed by atoms with van der Waals surface area (Å²) in [5, 5.41) is 0. The lowest BCUT2D eigenvalue weighted by atomic mass is 9.84. The maximum atomic E-state index is 14.1. The lowest BCUT2D eigenvalue weighted by Gasteiger charge is -2.28. The molecule has 25 heavy (non-hydrogen) atoms. The standard InChI is InChI=1S/C18H19F2N3O2/c1-25-18(24)22-6-7-23-16-5-2-11(8-15(16)21-17(23)10-22)13-9-12(19)3-4-14(13)20/h3-4,9,11H,2,5-8,10H2,1H3. The summed E-state index contributed by atoms with van der Waals surface area (Å²) in [5.41, 5.74) is 2.52. The van der Waals surface area contributed by atoms with Gasteiger partial charge in [-0.25, -0.2) is 18.6 Å². The molecular weight excluding hydrogens is 328 g/mol. The second kappa shape index (κ2) is 6.13. The number of imidazole rings is 1. The van der Waals surface area contributed by atoms with Gasteiger partial charge in [-0.3, -0.25) is 4.90 Å². The molecule has 7 heteroatoms. The molecule has 4 rings (SSSR count). The fourth-order valence-electron chi connectivity index (χ4n) is 3.91. The summed E-state index contributed by atoms with van der Waals surface area (Å²) in [4.78, 5) is 18.0. The van der Waals surface area contributed by atoms with Crippen molar-refractivity contribution in [1.82, 2.24) is 14.5 Å². The van der Waals surface area contributed by atoms with Gasteiger partial charge in [-0.1, -0.05) is 0 Å². The Bertz CT molecular complexity index is 834. The average Bonchev–Trinajstić information content (AvgIpc) is 2.99. The molecule has 132 valence electrons. The highest BCUT2D eigenvalue weighted by atomic mass is 19.1. The number of methoxy groups -OCH3 is 1. The highest BCUT2D eigenvalue weighted by Crippen LogP contribution is 2.35. The summed E-state index contributed by atoms with van der Waals surface area (Å²) >= 11 is 0. The van der Waals surface area contributed by atoms with Gasteiger partial charge in [0, 0.05) is 18.8 Å². The van der Waals surface area contributed by atoms with E-state index >= 15 is 0 Å². The van der Waals surface area contributed by atoms with Crippen molar-refractivity contribution in [3.05, 3.63) is 52.6 Å². The minimum atomic E-state index is -0.417. The fourth-order valence-corrected chi connectivity index (χ4v) is 3.91. The molecule has 0 radical (unpaired) electrons. The van der Waals surface area contributed by atoms with Crippen LogP contribution in [0.15, 0.2) is 18.2 Å². The minimum Gasteiger partial charge on any atom is -0.453 e. The molecule has 0 spiro atoms. The van der Waals surface area contributed by atoms with Crippen LogP contribution in [0.4, 0.5) is 13.6 Å². The Hall–Kier alpha value is -2.44. The van der Waals surface area contributed by atoms with Crippen molar-refractivity contribution in [1.29, 1.82) is 0 Å². The van der Waals surface area contributed by atoms with Crippen molar-refractivity contribution in [3.63, 3.8) is 0 Å². The predicted octanol–water partition coefficient (Wildman–Crippen LogP) is 3.02. The average molecular weight is 347 g/mol. The monoisotopic (exact) mass is 347 g/mol. The minimum absolute atomic E-state index is 0.0723. The number of carbonyl (C=O) groups excluding carboxylic acids is 1. The van der Waals surface area contributed by atoms with Crippen LogP contribution in [0.3, 0.4) is 0 Å². The summed E-state index contributed by atoms with van der Waals surface area (Å²) in [6, 6.07) is 3.62. The molecule has 1 aliphatic heterocycles. The van der Waals surface area contributed by atoms with Gasteiger partial charge < -0.3 is 9.30 Å². The highest BCUT2D eigenvalue weighted by Gasteiger charge is 2.31. The van der Waals surface area contributed by atoms with Gasteiger partial charge in [0.2, 0.25) is 0 Å². The van der Waals surface area contributed by atoms with Crippen molar-refractivity contribution in [3.8, 4) is 0 Å². The molecule has 0 bridgehead atoms. The molecule has 1 amide bonds. The van der Waals surface area contributed by atoms with Gasteiger partial charge in [0.1, 0.15) is 17.5 Å². The van der Waals surface area contributed by atoms with Crippen LogP contribution in [0, 0.1) is 11.6 Å². The van der Waals surface area contributed by atoms with Crippen LogP contribution in [0.2, 0.25) is 0 Å². The maximum absolute atomic E-state index is 14.1. The van der Waals surface area contributed by atoms with E-state index in [1.165, 1.54) is 19.2 Å². The van der Waals surface area contributed by atoms with Crippen molar-refractivity contribution in [2.24, 2.45) is 0 Å². The Morgan fingerprint density at radius 1 is 1.32 bits per heavy atom. The molecule has 2 heterocycles. The van der Waals surface area contributed by atoms with E-state index in [9.17, 15) is 13.6 Å². The van der Waals surface area contributed by atoms with Crippen LogP contribution in [0.1, 0.15) is 35.1 Å². The molecule has 5 nitrogen and oxygen atoms in total. The third-order valence-corrected chi connectivity index (χ3v) is 5.16. The summed E-state index contributed by atoms with van der Waals surface area (Å²) in [6.07, 6.45) is 1.78. The second-order valence-electron chi connectivity index (χ2n) is 6.57.